The zero-order valence-electron chi connectivity index (χ0n) is 13.8. The van der Waals surface area contributed by atoms with Crippen molar-refractivity contribution in [3.8, 4) is 11.5 Å². The molecule has 0 aliphatic carbocycles. The molecule has 0 bridgehead atoms. The Hall–Kier alpha value is -1.22. The molecular formula is C16H26IN3O3. The molecule has 0 spiro atoms. The van der Waals surface area contributed by atoms with Gasteiger partial charge in [0.05, 0.1) is 6.54 Å². The summed E-state index contributed by atoms with van der Waals surface area (Å²) in [6.07, 6.45) is 0.961. The van der Waals surface area contributed by atoms with E-state index in [1.54, 1.807) is 0 Å². The molecule has 0 amide bonds. The predicted molar refractivity (Wildman–Crippen MR) is 102 cm³/mol. The van der Waals surface area contributed by atoms with Crippen LogP contribution in [0, 0.1) is 0 Å². The lowest BCUT2D eigenvalue weighted by molar-refractivity contribution is 0.145. The van der Waals surface area contributed by atoms with Crippen LogP contribution in [-0.4, -0.2) is 39.1 Å². The van der Waals surface area contributed by atoms with Gasteiger partial charge in [0.2, 0.25) is 6.79 Å². The topological polar surface area (TPSA) is 64.1 Å². The normalized spacial score (nSPS) is 12.7. The molecule has 0 saturated carbocycles. The fraction of sp³-hybridized carbons (Fsp3) is 0.562. The molecule has 0 atom stereocenters. The highest BCUT2D eigenvalue weighted by molar-refractivity contribution is 14.0. The molecule has 0 saturated heterocycles. The van der Waals surface area contributed by atoms with Gasteiger partial charge < -0.3 is 24.8 Å². The van der Waals surface area contributed by atoms with E-state index in [1.165, 1.54) is 0 Å². The van der Waals surface area contributed by atoms with E-state index in [4.69, 9.17) is 14.2 Å². The average Bonchev–Trinajstić information content (AvgIpc) is 3.00. The lowest BCUT2D eigenvalue weighted by Gasteiger charge is -2.11. The summed E-state index contributed by atoms with van der Waals surface area (Å²) < 4.78 is 16.0. The van der Waals surface area contributed by atoms with Crippen molar-refractivity contribution in [2.75, 3.05) is 33.1 Å². The molecule has 0 radical (unpaired) electrons. The quantitative estimate of drug-likeness (QED) is 0.285. The van der Waals surface area contributed by atoms with Crippen LogP contribution in [0.15, 0.2) is 23.2 Å². The van der Waals surface area contributed by atoms with Gasteiger partial charge >= 0.3 is 0 Å². The van der Waals surface area contributed by atoms with Crippen molar-refractivity contribution >= 4 is 29.9 Å². The van der Waals surface area contributed by atoms with Crippen LogP contribution in [-0.2, 0) is 11.3 Å². The van der Waals surface area contributed by atoms with Gasteiger partial charge in [-0.25, -0.2) is 4.99 Å². The van der Waals surface area contributed by atoms with E-state index in [0.717, 1.165) is 55.7 Å². The van der Waals surface area contributed by atoms with Gasteiger partial charge in [0, 0.05) is 26.3 Å². The molecular weight excluding hydrogens is 409 g/mol. The number of aliphatic imine (C=N–C) groups is 1. The van der Waals surface area contributed by atoms with Crippen LogP contribution in [0.4, 0.5) is 0 Å². The summed E-state index contributed by atoms with van der Waals surface area (Å²) in [4.78, 5) is 4.58. The maximum Gasteiger partial charge on any atom is 0.231 e. The summed E-state index contributed by atoms with van der Waals surface area (Å²) >= 11 is 0. The van der Waals surface area contributed by atoms with Crippen LogP contribution in [0.5, 0.6) is 11.5 Å². The van der Waals surface area contributed by atoms with E-state index >= 15 is 0 Å². The SMILES string of the molecule is CCNC(=NCc1ccc2c(c1)OCO2)NCCCOCC.I. The van der Waals surface area contributed by atoms with Gasteiger partial charge in [-0.1, -0.05) is 6.07 Å². The monoisotopic (exact) mass is 435 g/mol. The van der Waals surface area contributed by atoms with Crippen LogP contribution in [0.25, 0.3) is 0 Å². The highest BCUT2D eigenvalue weighted by Crippen LogP contribution is 2.32. The van der Waals surface area contributed by atoms with E-state index in [-0.39, 0.29) is 24.0 Å². The molecule has 6 nitrogen and oxygen atoms in total. The fourth-order valence-corrected chi connectivity index (χ4v) is 2.08. The Morgan fingerprint density at radius 1 is 1.22 bits per heavy atom. The first-order chi connectivity index (χ1) is 10.8. The predicted octanol–water partition coefficient (Wildman–Crippen LogP) is 2.52. The highest BCUT2D eigenvalue weighted by atomic mass is 127. The second-order valence-corrected chi connectivity index (χ2v) is 4.86. The van der Waals surface area contributed by atoms with Crippen LogP contribution in [0.2, 0.25) is 0 Å². The Kier molecular flexibility index (Phi) is 9.77. The third-order valence-electron chi connectivity index (χ3n) is 3.16. The van der Waals surface area contributed by atoms with Gasteiger partial charge in [-0.05, 0) is 38.0 Å². The second-order valence-electron chi connectivity index (χ2n) is 4.86. The van der Waals surface area contributed by atoms with Crippen molar-refractivity contribution in [2.24, 2.45) is 4.99 Å². The Morgan fingerprint density at radius 3 is 2.83 bits per heavy atom. The lowest BCUT2D eigenvalue weighted by atomic mass is 10.2. The van der Waals surface area contributed by atoms with E-state index in [2.05, 4.69) is 22.5 Å². The van der Waals surface area contributed by atoms with Gasteiger partial charge in [-0.2, -0.15) is 0 Å². The fourth-order valence-electron chi connectivity index (χ4n) is 2.08. The summed E-state index contributed by atoms with van der Waals surface area (Å²) in [6, 6.07) is 5.91. The van der Waals surface area contributed by atoms with Crippen molar-refractivity contribution in [1.29, 1.82) is 0 Å². The molecule has 0 fully saturated rings. The van der Waals surface area contributed by atoms with Crippen LogP contribution < -0.4 is 20.1 Å². The minimum atomic E-state index is 0. The van der Waals surface area contributed by atoms with Crippen molar-refractivity contribution < 1.29 is 14.2 Å². The smallest absolute Gasteiger partial charge is 0.231 e. The van der Waals surface area contributed by atoms with E-state index in [0.29, 0.717) is 13.3 Å². The maximum absolute atomic E-state index is 5.38. The van der Waals surface area contributed by atoms with Gasteiger partial charge in [0.15, 0.2) is 17.5 Å². The van der Waals surface area contributed by atoms with E-state index in [1.807, 2.05) is 25.1 Å². The molecule has 0 unspecified atom stereocenters. The molecule has 1 aromatic rings. The third kappa shape index (κ3) is 6.82. The first-order valence-electron chi connectivity index (χ1n) is 7.82. The molecule has 23 heavy (non-hydrogen) atoms. The van der Waals surface area contributed by atoms with Crippen molar-refractivity contribution in [1.82, 2.24) is 10.6 Å². The minimum absolute atomic E-state index is 0. The number of rotatable bonds is 8. The first-order valence-corrected chi connectivity index (χ1v) is 7.82. The molecule has 2 N–H and O–H groups in total. The zero-order chi connectivity index (χ0) is 15.6. The first kappa shape index (κ1) is 19.8. The Bertz CT molecular complexity index is 497. The minimum Gasteiger partial charge on any atom is -0.454 e. The van der Waals surface area contributed by atoms with Crippen LogP contribution >= 0.6 is 24.0 Å². The lowest BCUT2D eigenvalue weighted by Crippen LogP contribution is -2.38. The standard InChI is InChI=1S/C16H25N3O3.HI/c1-3-17-16(18-8-5-9-20-4-2)19-11-13-6-7-14-15(10-13)22-12-21-14;/h6-7,10H,3-5,8-9,11-12H2,1-2H3,(H2,17,18,19);1H. The Morgan fingerprint density at radius 2 is 2.04 bits per heavy atom. The summed E-state index contributed by atoms with van der Waals surface area (Å²) in [6.45, 7) is 8.15. The van der Waals surface area contributed by atoms with Crippen LogP contribution in [0.3, 0.4) is 0 Å². The molecule has 0 aromatic heterocycles. The average molecular weight is 435 g/mol. The number of ether oxygens (including phenoxy) is 3. The molecule has 1 heterocycles. The number of nitrogens with one attached hydrogen (secondary N) is 2. The van der Waals surface area contributed by atoms with Crippen molar-refractivity contribution in [3.63, 3.8) is 0 Å². The molecule has 7 heteroatoms. The summed E-state index contributed by atoms with van der Waals surface area (Å²) in [7, 11) is 0. The number of hydrogen-bond acceptors (Lipinski definition) is 4. The largest absolute Gasteiger partial charge is 0.454 e. The summed E-state index contributed by atoms with van der Waals surface area (Å²) in [5.74, 6) is 2.41. The van der Waals surface area contributed by atoms with E-state index in [9.17, 15) is 0 Å². The number of fused-ring (bicyclic) bond motifs is 1. The van der Waals surface area contributed by atoms with Gasteiger partial charge in [-0.15, -0.1) is 24.0 Å². The number of guanidine groups is 1. The summed E-state index contributed by atoms with van der Waals surface area (Å²) in [5, 5.41) is 6.54. The van der Waals surface area contributed by atoms with E-state index < -0.39 is 0 Å². The molecule has 2 rings (SSSR count). The molecule has 1 aliphatic rings. The second kappa shape index (κ2) is 11.3. The maximum atomic E-state index is 5.38. The van der Waals surface area contributed by atoms with Crippen molar-refractivity contribution in [2.45, 2.75) is 26.8 Å². The van der Waals surface area contributed by atoms with Crippen LogP contribution in [0.1, 0.15) is 25.8 Å². The summed E-state index contributed by atoms with van der Waals surface area (Å²) in [5.41, 5.74) is 1.09. The highest BCUT2D eigenvalue weighted by Gasteiger charge is 2.12. The number of nitrogens with zero attached hydrogens (tertiary/aromatic N) is 1. The van der Waals surface area contributed by atoms with Gasteiger partial charge in [-0.3, -0.25) is 0 Å². The van der Waals surface area contributed by atoms with Gasteiger partial charge in [0.25, 0.3) is 0 Å². The number of benzene rings is 1. The number of halogens is 1. The van der Waals surface area contributed by atoms with Crippen molar-refractivity contribution in [3.05, 3.63) is 23.8 Å². The number of hydrogen-bond donors (Lipinski definition) is 2. The third-order valence-corrected chi connectivity index (χ3v) is 3.16. The zero-order valence-corrected chi connectivity index (χ0v) is 16.1. The molecule has 1 aliphatic heterocycles. The molecule has 1 aromatic carbocycles. The van der Waals surface area contributed by atoms with Gasteiger partial charge in [0.1, 0.15) is 0 Å². The molecule has 130 valence electrons. The Labute approximate surface area is 155 Å². The Balaban J connectivity index is 0.00000264.